The maximum Gasteiger partial charge on any atom is 0.277 e. The number of nitrogens with zero attached hydrogens (tertiary/aromatic N) is 2. The van der Waals surface area contributed by atoms with E-state index in [2.05, 4.69) is 10.5 Å². The fourth-order valence-electron chi connectivity index (χ4n) is 2.17. The lowest BCUT2D eigenvalue weighted by Crippen LogP contribution is -2.20. The maximum atomic E-state index is 12.1. The molecule has 0 aromatic carbocycles. The van der Waals surface area contributed by atoms with Gasteiger partial charge in [0.25, 0.3) is 11.5 Å². The Morgan fingerprint density at radius 2 is 2.29 bits per heavy atom. The number of hydrogen-bond acceptors (Lipinski definition) is 4. The van der Waals surface area contributed by atoms with Gasteiger partial charge >= 0.3 is 0 Å². The highest BCUT2D eigenvalue weighted by atomic mass is 16.5. The van der Waals surface area contributed by atoms with Crippen molar-refractivity contribution in [3.05, 3.63) is 46.2 Å². The Hall–Kier alpha value is -2.37. The molecule has 0 bridgehead atoms. The number of aromatic nitrogens is 2. The normalized spacial score (nSPS) is 14.1. The summed E-state index contributed by atoms with van der Waals surface area (Å²) in [6, 6.07) is 4.73. The molecule has 0 atom stereocenters. The molecule has 0 unspecified atom stereocenters. The second kappa shape index (κ2) is 5.55. The summed E-state index contributed by atoms with van der Waals surface area (Å²) in [5.74, 6) is 0.869. The van der Waals surface area contributed by atoms with E-state index < -0.39 is 0 Å². The summed E-state index contributed by atoms with van der Waals surface area (Å²) in [6.07, 6.45) is 4.69. The van der Waals surface area contributed by atoms with Crippen molar-refractivity contribution in [3.8, 4) is 0 Å². The van der Waals surface area contributed by atoms with E-state index in [-0.39, 0.29) is 17.2 Å². The molecule has 3 rings (SSSR count). The van der Waals surface area contributed by atoms with Crippen molar-refractivity contribution in [1.82, 2.24) is 9.72 Å². The largest absolute Gasteiger partial charge is 0.360 e. The fourth-order valence-corrected chi connectivity index (χ4v) is 2.17. The summed E-state index contributed by atoms with van der Waals surface area (Å²) in [6.45, 7) is 2.62. The zero-order valence-electron chi connectivity index (χ0n) is 11.8. The Bertz CT molecular complexity index is 713. The first-order valence-electron chi connectivity index (χ1n) is 7.16. The van der Waals surface area contributed by atoms with Gasteiger partial charge in [0.2, 0.25) is 0 Å². The lowest BCUT2D eigenvalue weighted by Gasteiger charge is -2.07. The number of nitrogens with one attached hydrogen (secondary N) is 1. The standard InChI is InChI=1S/C15H17N3O3/c1-2-7-18-9-11(5-6-14(18)19)16-15(20)12-8-13(21-17-12)10-3-4-10/h5-6,8-10H,2-4,7H2,1H3,(H,16,20). The van der Waals surface area contributed by atoms with Crippen molar-refractivity contribution in [2.45, 2.75) is 38.6 Å². The molecule has 1 N–H and O–H groups in total. The third-order valence-electron chi connectivity index (χ3n) is 3.45. The van der Waals surface area contributed by atoms with Crippen molar-refractivity contribution >= 4 is 11.6 Å². The summed E-state index contributed by atoms with van der Waals surface area (Å²) in [5, 5.41) is 6.53. The molecular formula is C15H17N3O3. The molecule has 6 heteroatoms. The first-order chi connectivity index (χ1) is 10.2. The number of amides is 1. The average molecular weight is 287 g/mol. The fraction of sp³-hybridized carbons (Fsp3) is 0.400. The highest BCUT2D eigenvalue weighted by Gasteiger charge is 2.28. The van der Waals surface area contributed by atoms with Crippen LogP contribution in [0, 0.1) is 0 Å². The van der Waals surface area contributed by atoms with Crippen molar-refractivity contribution < 1.29 is 9.32 Å². The van der Waals surface area contributed by atoms with Crippen molar-refractivity contribution in [1.29, 1.82) is 0 Å². The molecule has 2 heterocycles. The topological polar surface area (TPSA) is 77.1 Å². The van der Waals surface area contributed by atoms with E-state index in [9.17, 15) is 9.59 Å². The first kappa shape index (κ1) is 13.6. The van der Waals surface area contributed by atoms with Crippen LogP contribution < -0.4 is 10.9 Å². The van der Waals surface area contributed by atoms with Crippen LogP contribution in [0.2, 0.25) is 0 Å². The quantitative estimate of drug-likeness (QED) is 0.916. The molecule has 1 aliphatic rings. The summed E-state index contributed by atoms with van der Waals surface area (Å²) >= 11 is 0. The zero-order chi connectivity index (χ0) is 14.8. The molecule has 1 fully saturated rings. The highest BCUT2D eigenvalue weighted by molar-refractivity contribution is 6.02. The van der Waals surface area contributed by atoms with E-state index in [0.29, 0.717) is 18.2 Å². The molecule has 0 spiro atoms. The Kier molecular flexibility index (Phi) is 3.60. The SMILES string of the molecule is CCCn1cc(NC(=O)c2cc(C3CC3)on2)ccc1=O. The Morgan fingerprint density at radius 1 is 1.48 bits per heavy atom. The van der Waals surface area contributed by atoms with Crippen LogP contribution in [-0.2, 0) is 6.54 Å². The average Bonchev–Trinajstić information content (AvgIpc) is 3.20. The molecule has 110 valence electrons. The van der Waals surface area contributed by atoms with Crippen LogP contribution in [0.5, 0.6) is 0 Å². The van der Waals surface area contributed by atoms with Gasteiger partial charge in [0.15, 0.2) is 5.69 Å². The van der Waals surface area contributed by atoms with Crippen LogP contribution in [0.1, 0.15) is 48.4 Å². The molecule has 21 heavy (non-hydrogen) atoms. The number of carbonyl (C=O) groups is 1. The van der Waals surface area contributed by atoms with E-state index in [1.165, 1.54) is 6.07 Å². The van der Waals surface area contributed by atoms with Gasteiger partial charge in [0.05, 0.1) is 5.69 Å². The molecule has 2 aromatic heterocycles. The van der Waals surface area contributed by atoms with Crippen LogP contribution in [0.25, 0.3) is 0 Å². The summed E-state index contributed by atoms with van der Waals surface area (Å²) < 4.78 is 6.74. The zero-order valence-corrected chi connectivity index (χ0v) is 11.8. The molecule has 0 saturated heterocycles. The molecule has 6 nitrogen and oxygen atoms in total. The maximum absolute atomic E-state index is 12.1. The van der Waals surface area contributed by atoms with E-state index in [1.54, 1.807) is 22.9 Å². The minimum atomic E-state index is -0.327. The number of hydrogen-bond donors (Lipinski definition) is 1. The van der Waals surface area contributed by atoms with Gasteiger partial charge in [-0.05, 0) is 25.3 Å². The second-order valence-corrected chi connectivity index (χ2v) is 5.29. The van der Waals surface area contributed by atoms with Crippen LogP contribution >= 0.6 is 0 Å². The number of aryl methyl sites for hydroxylation is 1. The van der Waals surface area contributed by atoms with Gasteiger partial charge in [-0.2, -0.15) is 0 Å². The third kappa shape index (κ3) is 3.04. The Labute approximate surface area is 121 Å². The third-order valence-corrected chi connectivity index (χ3v) is 3.45. The van der Waals surface area contributed by atoms with Gasteiger partial charge in [-0.3, -0.25) is 9.59 Å². The van der Waals surface area contributed by atoms with Gasteiger partial charge < -0.3 is 14.4 Å². The van der Waals surface area contributed by atoms with Gasteiger partial charge in [-0.25, -0.2) is 0 Å². The Balaban J connectivity index is 1.74. The smallest absolute Gasteiger partial charge is 0.277 e. The van der Waals surface area contributed by atoms with Crippen molar-refractivity contribution in [3.63, 3.8) is 0 Å². The van der Waals surface area contributed by atoms with Gasteiger partial charge in [0, 0.05) is 30.8 Å². The van der Waals surface area contributed by atoms with Crippen molar-refractivity contribution in [2.24, 2.45) is 0 Å². The molecule has 0 radical (unpaired) electrons. The van der Waals surface area contributed by atoms with Crippen LogP contribution in [-0.4, -0.2) is 15.6 Å². The highest BCUT2D eigenvalue weighted by Crippen LogP contribution is 2.40. The van der Waals surface area contributed by atoms with E-state index in [4.69, 9.17) is 4.52 Å². The molecule has 1 saturated carbocycles. The molecule has 2 aromatic rings. The lowest BCUT2D eigenvalue weighted by molar-refractivity contribution is 0.101. The van der Waals surface area contributed by atoms with Gasteiger partial charge in [-0.1, -0.05) is 12.1 Å². The van der Waals surface area contributed by atoms with Crippen LogP contribution in [0.15, 0.2) is 33.7 Å². The second-order valence-electron chi connectivity index (χ2n) is 5.29. The molecule has 0 aliphatic heterocycles. The Morgan fingerprint density at radius 3 is 3.00 bits per heavy atom. The van der Waals surface area contributed by atoms with Crippen LogP contribution in [0.3, 0.4) is 0 Å². The van der Waals surface area contributed by atoms with Crippen molar-refractivity contribution in [2.75, 3.05) is 5.32 Å². The summed E-state index contributed by atoms with van der Waals surface area (Å²) in [7, 11) is 0. The number of carbonyl (C=O) groups excluding carboxylic acids is 1. The summed E-state index contributed by atoms with van der Waals surface area (Å²) in [4.78, 5) is 23.7. The number of rotatable bonds is 5. The van der Waals surface area contributed by atoms with E-state index >= 15 is 0 Å². The summed E-state index contributed by atoms with van der Waals surface area (Å²) in [5.41, 5.74) is 0.765. The lowest BCUT2D eigenvalue weighted by atomic mass is 10.2. The van der Waals surface area contributed by atoms with E-state index in [1.807, 2.05) is 6.92 Å². The van der Waals surface area contributed by atoms with Gasteiger partial charge in [0.1, 0.15) is 5.76 Å². The monoisotopic (exact) mass is 287 g/mol. The molecule has 1 aliphatic carbocycles. The van der Waals surface area contributed by atoms with Crippen LogP contribution in [0.4, 0.5) is 5.69 Å². The number of pyridine rings is 1. The van der Waals surface area contributed by atoms with Gasteiger partial charge in [-0.15, -0.1) is 0 Å². The predicted molar refractivity (Wildman–Crippen MR) is 77.4 cm³/mol. The molecule has 1 amide bonds. The first-order valence-corrected chi connectivity index (χ1v) is 7.16. The minimum Gasteiger partial charge on any atom is -0.360 e. The molecular weight excluding hydrogens is 270 g/mol. The number of anilines is 1. The predicted octanol–water partition coefficient (Wildman–Crippen LogP) is 2.38. The minimum absolute atomic E-state index is 0.0766. The van der Waals surface area contributed by atoms with E-state index in [0.717, 1.165) is 25.0 Å².